The monoisotopic (exact) mass is 229 g/mol. The molecule has 2 N–H and O–H groups in total. The molecule has 1 fully saturated rings. The van der Waals surface area contributed by atoms with Gasteiger partial charge < -0.3 is 15.4 Å². The van der Waals surface area contributed by atoms with E-state index in [4.69, 9.17) is 21.0 Å². The van der Waals surface area contributed by atoms with Gasteiger partial charge in [-0.15, -0.1) is 0 Å². The van der Waals surface area contributed by atoms with Gasteiger partial charge in [-0.1, -0.05) is 0 Å². The minimum absolute atomic E-state index is 0.211. The average Bonchev–Trinajstić information content (AvgIpc) is 2.39. The van der Waals surface area contributed by atoms with Crippen molar-refractivity contribution in [2.24, 2.45) is 0 Å². The highest BCUT2D eigenvalue weighted by molar-refractivity contribution is 5.55. The molecule has 2 rings (SSSR count). The van der Waals surface area contributed by atoms with Crippen LogP contribution in [0.1, 0.15) is 5.69 Å². The van der Waals surface area contributed by atoms with Gasteiger partial charge in [0.05, 0.1) is 24.9 Å². The third kappa shape index (κ3) is 2.27. The highest BCUT2D eigenvalue weighted by atomic mass is 16.5. The summed E-state index contributed by atoms with van der Waals surface area (Å²) in [6.07, 6.45) is -0.450. The first-order valence-corrected chi connectivity index (χ1v) is 5.17. The number of aromatic nitrogens is 1. The molecule has 1 aliphatic heterocycles. The molecule has 2 heterocycles. The van der Waals surface area contributed by atoms with Crippen molar-refractivity contribution in [3.8, 4) is 12.1 Å². The van der Waals surface area contributed by atoms with Gasteiger partial charge in [-0.2, -0.15) is 10.5 Å². The fourth-order valence-electron chi connectivity index (χ4n) is 1.66. The summed E-state index contributed by atoms with van der Waals surface area (Å²) in [5, 5.41) is 17.7. The Bertz CT molecular complexity index is 502. The van der Waals surface area contributed by atoms with Crippen LogP contribution in [-0.4, -0.2) is 30.8 Å². The quantitative estimate of drug-likeness (QED) is 0.741. The number of hydrogen-bond donors (Lipinski definition) is 1. The third-order valence-corrected chi connectivity index (χ3v) is 2.55. The molecule has 6 heteroatoms. The molecule has 86 valence electrons. The number of pyridine rings is 1. The summed E-state index contributed by atoms with van der Waals surface area (Å²) < 4.78 is 5.24. The normalized spacial score (nSPS) is 19.4. The number of anilines is 2. The fraction of sp³-hybridized carbons (Fsp3) is 0.364. The van der Waals surface area contributed by atoms with Crippen molar-refractivity contribution in [3.63, 3.8) is 0 Å². The number of nitriles is 2. The summed E-state index contributed by atoms with van der Waals surface area (Å²) in [5.74, 6) is 0.652. The Hall–Kier alpha value is -2.31. The molecule has 0 saturated carbocycles. The summed E-state index contributed by atoms with van der Waals surface area (Å²) in [6, 6.07) is 7.40. The SMILES string of the molecule is N#Cc1nc(N2CCOC(C#N)C2)ccc1N. The lowest BCUT2D eigenvalue weighted by Gasteiger charge is -2.30. The van der Waals surface area contributed by atoms with Gasteiger partial charge in [0.25, 0.3) is 0 Å². The molecule has 1 aromatic heterocycles. The summed E-state index contributed by atoms with van der Waals surface area (Å²) in [5.41, 5.74) is 6.18. The zero-order chi connectivity index (χ0) is 12.3. The van der Waals surface area contributed by atoms with Crippen LogP contribution in [0.4, 0.5) is 11.5 Å². The third-order valence-electron chi connectivity index (χ3n) is 2.55. The molecule has 1 aromatic rings. The van der Waals surface area contributed by atoms with E-state index >= 15 is 0 Å². The first-order valence-electron chi connectivity index (χ1n) is 5.17. The van der Waals surface area contributed by atoms with Crippen molar-refractivity contribution in [3.05, 3.63) is 17.8 Å². The van der Waals surface area contributed by atoms with Gasteiger partial charge in [-0.3, -0.25) is 0 Å². The number of morpholine rings is 1. The highest BCUT2D eigenvalue weighted by Crippen LogP contribution is 2.18. The van der Waals surface area contributed by atoms with Crippen molar-refractivity contribution < 1.29 is 4.74 Å². The van der Waals surface area contributed by atoms with Crippen LogP contribution < -0.4 is 10.6 Å². The highest BCUT2D eigenvalue weighted by Gasteiger charge is 2.21. The van der Waals surface area contributed by atoms with Gasteiger partial charge in [0, 0.05) is 6.54 Å². The average molecular weight is 229 g/mol. The summed E-state index contributed by atoms with van der Waals surface area (Å²) in [7, 11) is 0. The molecule has 0 amide bonds. The Morgan fingerprint density at radius 1 is 1.47 bits per heavy atom. The predicted molar refractivity (Wildman–Crippen MR) is 60.9 cm³/mol. The minimum atomic E-state index is -0.450. The van der Waals surface area contributed by atoms with Crippen LogP contribution in [0.25, 0.3) is 0 Å². The molecule has 17 heavy (non-hydrogen) atoms. The number of ether oxygens (including phenoxy) is 1. The Kier molecular flexibility index (Phi) is 3.08. The fourth-order valence-corrected chi connectivity index (χ4v) is 1.66. The van der Waals surface area contributed by atoms with Crippen LogP contribution in [0, 0.1) is 22.7 Å². The number of nitrogen functional groups attached to an aromatic ring is 1. The van der Waals surface area contributed by atoms with E-state index < -0.39 is 6.10 Å². The van der Waals surface area contributed by atoms with Crippen molar-refractivity contribution in [1.82, 2.24) is 4.98 Å². The molecule has 6 nitrogen and oxygen atoms in total. The van der Waals surface area contributed by atoms with Crippen LogP contribution >= 0.6 is 0 Å². The van der Waals surface area contributed by atoms with Crippen LogP contribution in [0.15, 0.2) is 12.1 Å². The second-order valence-corrected chi connectivity index (χ2v) is 3.65. The molecule has 0 aromatic carbocycles. The molecular formula is C11H11N5O. The largest absolute Gasteiger partial charge is 0.396 e. The maximum atomic E-state index is 8.85. The zero-order valence-electron chi connectivity index (χ0n) is 9.13. The van der Waals surface area contributed by atoms with Crippen LogP contribution in [0.3, 0.4) is 0 Å². The molecule has 1 atom stereocenters. The van der Waals surface area contributed by atoms with E-state index in [0.29, 0.717) is 31.2 Å². The van der Waals surface area contributed by atoms with Crippen LogP contribution in [-0.2, 0) is 4.74 Å². The standard InChI is InChI=1S/C11H11N5O/c12-5-8-7-16(3-4-17-8)11-2-1-9(14)10(6-13)15-11/h1-2,8H,3-4,7,14H2. The summed E-state index contributed by atoms with van der Waals surface area (Å²) in [6.45, 7) is 1.59. The molecule has 0 radical (unpaired) electrons. The molecule has 1 aliphatic rings. The van der Waals surface area contributed by atoms with E-state index in [0.717, 1.165) is 0 Å². The molecule has 1 saturated heterocycles. The lowest BCUT2D eigenvalue weighted by atomic mass is 10.2. The van der Waals surface area contributed by atoms with Gasteiger partial charge in [0.1, 0.15) is 11.9 Å². The summed E-state index contributed by atoms with van der Waals surface area (Å²) >= 11 is 0. The summed E-state index contributed by atoms with van der Waals surface area (Å²) in [4.78, 5) is 6.07. The maximum absolute atomic E-state index is 8.85. The predicted octanol–water partition coefficient (Wildman–Crippen LogP) is 0.264. The zero-order valence-corrected chi connectivity index (χ0v) is 9.13. The Balaban J connectivity index is 2.23. The van der Waals surface area contributed by atoms with E-state index in [1.807, 2.05) is 11.0 Å². The first-order chi connectivity index (χ1) is 8.24. The number of nitrogens with two attached hydrogens (primary N) is 1. The molecule has 0 bridgehead atoms. The van der Waals surface area contributed by atoms with Crippen LogP contribution in [0.2, 0.25) is 0 Å². The lowest BCUT2D eigenvalue weighted by molar-refractivity contribution is 0.0761. The second kappa shape index (κ2) is 4.69. The lowest BCUT2D eigenvalue weighted by Crippen LogP contribution is -2.42. The Morgan fingerprint density at radius 3 is 3.00 bits per heavy atom. The number of rotatable bonds is 1. The molecule has 0 aliphatic carbocycles. The topological polar surface area (TPSA) is 99.0 Å². The first kappa shape index (κ1) is 11.2. The Morgan fingerprint density at radius 2 is 2.29 bits per heavy atom. The van der Waals surface area contributed by atoms with Crippen LogP contribution in [0.5, 0.6) is 0 Å². The van der Waals surface area contributed by atoms with E-state index in [1.165, 1.54) is 0 Å². The molecular weight excluding hydrogens is 218 g/mol. The number of hydrogen-bond acceptors (Lipinski definition) is 6. The van der Waals surface area contributed by atoms with Crippen molar-refractivity contribution in [2.45, 2.75) is 6.10 Å². The van der Waals surface area contributed by atoms with E-state index in [2.05, 4.69) is 11.1 Å². The van der Waals surface area contributed by atoms with E-state index in [9.17, 15) is 0 Å². The van der Waals surface area contributed by atoms with Gasteiger partial charge >= 0.3 is 0 Å². The van der Waals surface area contributed by atoms with Gasteiger partial charge in [0.2, 0.25) is 0 Å². The second-order valence-electron chi connectivity index (χ2n) is 3.65. The number of nitrogens with zero attached hydrogens (tertiary/aromatic N) is 4. The minimum Gasteiger partial charge on any atom is -0.396 e. The molecule has 0 spiro atoms. The smallest absolute Gasteiger partial charge is 0.165 e. The van der Waals surface area contributed by atoms with Gasteiger partial charge in [-0.25, -0.2) is 4.98 Å². The van der Waals surface area contributed by atoms with E-state index in [1.54, 1.807) is 12.1 Å². The maximum Gasteiger partial charge on any atom is 0.165 e. The van der Waals surface area contributed by atoms with Gasteiger partial charge in [-0.05, 0) is 12.1 Å². The van der Waals surface area contributed by atoms with E-state index in [-0.39, 0.29) is 5.69 Å². The van der Waals surface area contributed by atoms with Crippen molar-refractivity contribution in [2.75, 3.05) is 30.3 Å². The van der Waals surface area contributed by atoms with Crippen molar-refractivity contribution >= 4 is 11.5 Å². The molecule has 1 unspecified atom stereocenters. The Labute approximate surface area is 98.8 Å². The van der Waals surface area contributed by atoms with Gasteiger partial charge in [0.15, 0.2) is 11.8 Å². The van der Waals surface area contributed by atoms with Crippen molar-refractivity contribution in [1.29, 1.82) is 10.5 Å².